The van der Waals surface area contributed by atoms with Crippen molar-refractivity contribution in [3.05, 3.63) is 35.4 Å². The van der Waals surface area contributed by atoms with E-state index in [2.05, 4.69) is 4.74 Å². The summed E-state index contributed by atoms with van der Waals surface area (Å²) in [6.45, 7) is 0.544. The van der Waals surface area contributed by atoms with Gasteiger partial charge in [0.15, 0.2) is 0 Å². The number of alkyl halides is 4. The zero-order valence-corrected chi connectivity index (χ0v) is 11.3. The number of aryl methyl sites for hydroxylation is 1. The van der Waals surface area contributed by atoms with E-state index in [0.29, 0.717) is 6.42 Å². The molecule has 6 heteroatoms. The molecule has 2 N–H and O–H groups in total. The molecule has 0 saturated heterocycles. The molecule has 1 unspecified atom stereocenters. The van der Waals surface area contributed by atoms with Crippen LogP contribution < -0.4 is 5.73 Å². The normalized spacial score (nSPS) is 13.8. The predicted octanol–water partition coefficient (Wildman–Crippen LogP) is 3.04. The van der Waals surface area contributed by atoms with Crippen LogP contribution in [0.3, 0.4) is 0 Å². The van der Waals surface area contributed by atoms with Crippen molar-refractivity contribution in [3.63, 3.8) is 0 Å². The van der Waals surface area contributed by atoms with Crippen LogP contribution in [0.15, 0.2) is 24.3 Å². The molecule has 0 radical (unpaired) electrons. The molecule has 0 aliphatic heterocycles. The van der Waals surface area contributed by atoms with Crippen LogP contribution in [0.4, 0.5) is 17.6 Å². The molecule has 0 aliphatic carbocycles. The Kier molecular flexibility index (Phi) is 6.42. The van der Waals surface area contributed by atoms with E-state index >= 15 is 0 Å². The molecule has 1 aromatic carbocycles. The van der Waals surface area contributed by atoms with E-state index in [1.165, 1.54) is 5.56 Å². The molecule has 0 aromatic heterocycles. The highest BCUT2D eigenvalue weighted by atomic mass is 19.3. The Hall–Kier alpha value is -1.14. The van der Waals surface area contributed by atoms with Crippen LogP contribution in [-0.4, -0.2) is 31.6 Å². The lowest BCUT2D eigenvalue weighted by molar-refractivity contribution is -0.166. The zero-order valence-electron chi connectivity index (χ0n) is 11.3. The van der Waals surface area contributed by atoms with E-state index in [4.69, 9.17) is 5.73 Å². The number of nitrogens with two attached hydrogens (primary N) is 1. The molecular weight excluding hydrogens is 274 g/mol. The highest BCUT2D eigenvalue weighted by Gasteiger charge is 2.40. The van der Waals surface area contributed by atoms with Gasteiger partial charge in [-0.1, -0.05) is 31.2 Å². The average Bonchev–Trinajstić information content (AvgIpc) is 2.39. The summed E-state index contributed by atoms with van der Waals surface area (Å²) in [5, 5.41) is 0. The summed E-state index contributed by atoms with van der Waals surface area (Å²) in [5.41, 5.74) is 7.87. The van der Waals surface area contributed by atoms with Crippen LogP contribution in [0.25, 0.3) is 0 Å². The summed E-state index contributed by atoms with van der Waals surface area (Å²) < 4.78 is 53.6. The Labute approximate surface area is 115 Å². The van der Waals surface area contributed by atoms with Gasteiger partial charge in [0, 0.05) is 6.04 Å². The summed E-state index contributed by atoms with van der Waals surface area (Å²) >= 11 is 0. The van der Waals surface area contributed by atoms with E-state index < -0.39 is 25.0 Å². The van der Waals surface area contributed by atoms with Crippen molar-refractivity contribution >= 4 is 0 Å². The molecule has 0 heterocycles. The van der Waals surface area contributed by atoms with Gasteiger partial charge in [0.2, 0.25) is 0 Å². The van der Waals surface area contributed by atoms with Gasteiger partial charge in [-0.15, -0.1) is 0 Å². The van der Waals surface area contributed by atoms with Crippen LogP contribution in [0.1, 0.15) is 18.1 Å². The fourth-order valence-electron chi connectivity index (χ4n) is 1.68. The summed E-state index contributed by atoms with van der Waals surface area (Å²) in [7, 11) is 0. The van der Waals surface area contributed by atoms with Gasteiger partial charge in [-0.3, -0.25) is 0 Å². The molecule has 1 aromatic rings. The van der Waals surface area contributed by atoms with Gasteiger partial charge in [-0.25, -0.2) is 8.78 Å². The number of benzene rings is 1. The Morgan fingerprint density at radius 2 is 1.70 bits per heavy atom. The minimum atomic E-state index is -4.12. The number of ether oxygens (including phenoxy) is 1. The second kappa shape index (κ2) is 7.59. The fourth-order valence-corrected chi connectivity index (χ4v) is 1.68. The van der Waals surface area contributed by atoms with Crippen molar-refractivity contribution in [2.45, 2.75) is 38.2 Å². The highest BCUT2D eigenvalue weighted by Crippen LogP contribution is 2.22. The molecule has 0 aliphatic rings. The minimum absolute atomic E-state index is 0.183. The van der Waals surface area contributed by atoms with E-state index in [9.17, 15) is 17.6 Å². The second-order valence-corrected chi connectivity index (χ2v) is 4.71. The third-order valence-corrected chi connectivity index (χ3v) is 2.87. The average molecular weight is 293 g/mol. The first-order valence-electron chi connectivity index (χ1n) is 6.42. The standard InChI is InChI=1S/C14H19F4NO/c1-2-10-3-5-11(6-4-10)7-12(19)8-20-9-14(17,18)13(15)16/h3-6,12-13H,2,7-9,19H2,1H3. The predicted molar refractivity (Wildman–Crippen MR) is 69.3 cm³/mol. The molecule has 0 spiro atoms. The molecule has 0 bridgehead atoms. The van der Waals surface area contributed by atoms with E-state index in [-0.39, 0.29) is 6.61 Å². The van der Waals surface area contributed by atoms with E-state index in [1.807, 2.05) is 31.2 Å². The summed E-state index contributed by atoms with van der Waals surface area (Å²) in [6, 6.07) is 7.25. The highest BCUT2D eigenvalue weighted by molar-refractivity contribution is 5.23. The van der Waals surface area contributed by atoms with Gasteiger partial charge in [-0.2, -0.15) is 8.78 Å². The molecule has 0 fully saturated rings. The van der Waals surface area contributed by atoms with E-state index in [0.717, 1.165) is 12.0 Å². The van der Waals surface area contributed by atoms with Gasteiger partial charge in [-0.05, 0) is 24.0 Å². The largest absolute Gasteiger partial charge is 0.373 e. The molecule has 2 nitrogen and oxygen atoms in total. The third kappa shape index (κ3) is 5.46. The molecule has 0 saturated carbocycles. The van der Waals surface area contributed by atoms with Crippen LogP contribution in [-0.2, 0) is 17.6 Å². The minimum Gasteiger partial charge on any atom is -0.373 e. The van der Waals surface area contributed by atoms with Crippen molar-refractivity contribution in [3.8, 4) is 0 Å². The molecular formula is C14H19F4NO. The maximum absolute atomic E-state index is 12.6. The molecule has 1 atom stereocenters. The molecule has 1 rings (SSSR count). The topological polar surface area (TPSA) is 35.2 Å². The van der Waals surface area contributed by atoms with Gasteiger partial charge >= 0.3 is 12.3 Å². The van der Waals surface area contributed by atoms with Gasteiger partial charge < -0.3 is 10.5 Å². The van der Waals surface area contributed by atoms with Gasteiger partial charge in [0.1, 0.15) is 6.61 Å². The first-order valence-corrected chi connectivity index (χ1v) is 6.42. The fraction of sp³-hybridized carbons (Fsp3) is 0.571. The zero-order chi connectivity index (χ0) is 15.2. The first kappa shape index (κ1) is 16.9. The summed E-state index contributed by atoms with van der Waals surface area (Å²) in [4.78, 5) is 0. The van der Waals surface area contributed by atoms with Crippen molar-refractivity contribution in [2.75, 3.05) is 13.2 Å². The molecule has 0 amide bonds. The van der Waals surface area contributed by atoms with Crippen LogP contribution >= 0.6 is 0 Å². The Balaban J connectivity index is 2.34. The number of hydrogen-bond donors (Lipinski definition) is 1. The Morgan fingerprint density at radius 1 is 1.15 bits per heavy atom. The van der Waals surface area contributed by atoms with Gasteiger partial charge in [0.25, 0.3) is 0 Å². The smallest absolute Gasteiger partial charge is 0.330 e. The van der Waals surface area contributed by atoms with Crippen LogP contribution in [0.2, 0.25) is 0 Å². The lowest BCUT2D eigenvalue weighted by atomic mass is 10.0. The molecule has 20 heavy (non-hydrogen) atoms. The number of halogens is 4. The summed E-state index contributed by atoms with van der Waals surface area (Å²) in [5.74, 6) is -4.12. The first-order chi connectivity index (χ1) is 9.35. The van der Waals surface area contributed by atoms with Crippen LogP contribution in [0, 0.1) is 0 Å². The molecule has 114 valence electrons. The number of rotatable bonds is 8. The second-order valence-electron chi connectivity index (χ2n) is 4.71. The maximum atomic E-state index is 12.6. The van der Waals surface area contributed by atoms with Crippen molar-refractivity contribution in [2.24, 2.45) is 5.73 Å². The van der Waals surface area contributed by atoms with Crippen molar-refractivity contribution < 1.29 is 22.3 Å². The van der Waals surface area contributed by atoms with Crippen molar-refractivity contribution in [1.82, 2.24) is 0 Å². The Morgan fingerprint density at radius 3 is 2.20 bits per heavy atom. The third-order valence-electron chi connectivity index (χ3n) is 2.87. The Bertz CT molecular complexity index is 395. The maximum Gasteiger partial charge on any atom is 0.330 e. The lowest BCUT2D eigenvalue weighted by Gasteiger charge is -2.17. The summed E-state index contributed by atoms with van der Waals surface area (Å²) in [6.07, 6.45) is -2.34. The van der Waals surface area contributed by atoms with Gasteiger partial charge in [0.05, 0.1) is 6.61 Å². The SMILES string of the molecule is CCc1ccc(CC(N)COCC(F)(F)C(F)F)cc1. The van der Waals surface area contributed by atoms with E-state index in [1.54, 1.807) is 0 Å². The number of hydrogen-bond acceptors (Lipinski definition) is 2. The van der Waals surface area contributed by atoms with Crippen molar-refractivity contribution in [1.29, 1.82) is 0 Å². The van der Waals surface area contributed by atoms with Crippen LogP contribution in [0.5, 0.6) is 0 Å². The monoisotopic (exact) mass is 293 g/mol. The lowest BCUT2D eigenvalue weighted by Crippen LogP contribution is -2.36. The quantitative estimate of drug-likeness (QED) is 0.748.